The van der Waals surface area contributed by atoms with Crippen molar-refractivity contribution < 1.29 is 14.4 Å². The van der Waals surface area contributed by atoms with E-state index in [-0.39, 0.29) is 5.91 Å². The molecule has 8 heteroatoms. The number of amides is 1. The normalized spacial score (nSPS) is 10.7. The van der Waals surface area contributed by atoms with Gasteiger partial charge in [0.05, 0.1) is 18.3 Å². The van der Waals surface area contributed by atoms with Crippen LogP contribution in [0.15, 0.2) is 67.1 Å². The Kier molecular flexibility index (Phi) is 6.23. The number of carbonyl (C=O) groups is 1. The molecule has 0 saturated heterocycles. The summed E-state index contributed by atoms with van der Waals surface area (Å²) in [5.41, 5.74) is 3.90. The number of fused-ring (bicyclic) bond motifs is 1. The predicted molar refractivity (Wildman–Crippen MR) is 122 cm³/mol. The molecule has 1 N–H and O–H groups in total. The summed E-state index contributed by atoms with van der Waals surface area (Å²) in [6, 6.07) is 16.8. The van der Waals surface area contributed by atoms with Crippen LogP contribution in [-0.4, -0.2) is 40.1 Å². The number of aromatic nitrogens is 3. The molecule has 2 aromatic carbocycles. The minimum atomic E-state index is -0.255. The van der Waals surface area contributed by atoms with Crippen molar-refractivity contribution in [2.24, 2.45) is 0 Å². The first-order chi connectivity index (χ1) is 15.5. The number of ether oxygens (including phenoxy) is 1. The van der Waals surface area contributed by atoms with Gasteiger partial charge in [-0.2, -0.15) is 0 Å². The first-order valence-electron chi connectivity index (χ1n) is 10.0. The third-order valence-electron chi connectivity index (χ3n) is 4.98. The maximum atomic E-state index is 12.5. The molecule has 0 atom stereocenters. The average Bonchev–Trinajstić information content (AvgIpc) is 2.83. The molecule has 0 aliphatic heterocycles. The Balaban J connectivity index is 1.56. The molecule has 2 heterocycles. The van der Waals surface area contributed by atoms with Crippen LogP contribution in [0.3, 0.4) is 0 Å². The van der Waals surface area contributed by atoms with Crippen molar-refractivity contribution >= 4 is 28.3 Å². The lowest BCUT2D eigenvalue weighted by Crippen LogP contribution is -2.25. The molecule has 0 unspecified atom stereocenters. The molecule has 4 aromatic rings. The van der Waals surface area contributed by atoms with Gasteiger partial charge in [0.25, 0.3) is 5.91 Å². The third kappa shape index (κ3) is 4.65. The average molecular weight is 429 g/mol. The van der Waals surface area contributed by atoms with E-state index in [0.29, 0.717) is 18.0 Å². The number of aryl methyl sites for hydroxylation is 1. The topological polar surface area (TPSA) is 89.5 Å². The Morgan fingerprint density at radius 1 is 1.06 bits per heavy atom. The fraction of sp³-hybridized carbons (Fsp3) is 0.167. The number of hydrogen-bond donors (Lipinski definition) is 1. The Hall–Kier alpha value is -4.04. The summed E-state index contributed by atoms with van der Waals surface area (Å²) >= 11 is 0. The summed E-state index contributed by atoms with van der Waals surface area (Å²) in [5.74, 6) is 1.13. The minimum absolute atomic E-state index is 0.255. The van der Waals surface area contributed by atoms with E-state index in [1.807, 2.05) is 43.3 Å². The van der Waals surface area contributed by atoms with Gasteiger partial charge < -0.3 is 10.1 Å². The van der Waals surface area contributed by atoms with E-state index in [4.69, 9.17) is 9.57 Å². The third-order valence-corrected chi connectivity index (χ3v) is 4.98. The molecule has 0 spiro atoms. The Labute approximate surface area is 185 Å². The molecule has 4 rings (SSSR count). The number of nitrogens with one attached hydrogen (secondary N) is 1. The summed E-state index contributed by atoms with van der Waals surface area (Å²) in [5, 5.41) is 5.23. The van der Waals surface area contributed by atoms with E-state index >= 15 is 0 Å². The lowest BCUT2D eigenvalue weighted by Gasteiger charge is -2.15. The summed E-state index contributed by atoms with van der Waals surface area (Å²) < 4.78 is 5.90. The van der Waals surface area contributed by atoms with Gasteiger partial charge >= 0.3 is 0 Å². The van der Waals surface area contributed by atoms with Crippen LogP contribution in [0, 0.1) is 6.92 Å². The van der Waals surface area contributed by atoms with Gasteiger partial charge in [0, 0.05) is 29.9 Å². The first-order valence-corrected chi connectivity index (χ1v) is 10.0. The van der Waals surface area contributed by atoms with E-state index < -0.39 is 0 Å². The van der Waals surface area contributed by atoms with Gasteiger partial charge in [0.15, 0.2) is 0 Å². The number of nitrogens with zero attached hydrogens (tertiary/aromatic N) is 4. The van der Waals surface area contributed by atoms with Crippen LogP contribution in [0.2, 0.25) is 0 Å². The van der Waals surface area contributed by atoms with Gasteiger partial charge in [-0.15, -0.1) is 0 Å². The molecule has 1 amide bonds. The Bertz CT molecular complexity index is 1250. The fourth-order valence-electron chi connectivity index (χ4n) is 3.22. The summed E-state index contributed by atoms with van der Waals surface area (Å²) in [6.45, 7) is 2.38. The van der Waals surface area contributed by atoms with Crippen molar-refractivity contribution in [2.75, 3.05) is 19.5 Å². The zero-order valence-electron chi connectivity index (χ0n) is 18.1. The largest absolute Gasteiger partial charge is 0.487 e. The molecule has 2 aromatic heterocycles. The molecule has 0 radical (unpaired) electrons. The highest BCUT2D eigenvalue weighted by Crippen LogP contribution is 2.28. The molecule has 162 valence electrons. The number of carbonyl (C=O) groups excluding carboxylic acids is 1. The monoisotopic (exact) mass is 429 g/mol. The summed E-state index contributed by atoms with van der Waals surface area (Å²) in [7, 11) is 3.01. The number of hydroxylamine groups is 2. The fourth-order valence-corrected chi connectivity index (χ4v) is 3.22. The summed E-state index contributed by atoms with van der Waals surface area (Å²) in [6.07, 6.45) is 3.24. The van der Waals surface area contributed by atoms with Gasteiger partial charge in [-0.25, -0.2) is 15.0 Å². The zero-order valence-corrected chi connectivity index (χ0v) is 18.1. The van der Waals surface area contributed by atoms with E-state index in [9.17, 15) is 4.79 Å². The number of hydrogen-bond acceptors (Lipinski definition) is 7. The molecule has 0 bridgehead atoms. The second-order valence-electron chi connectivity index (χ2n) is 7.15. The highest BCUT2D eigenvalue weighted by atomic mass is 16.7. The van der Waals surface area contributed by atoms with E-state index in [2.05, 4.69) is 20.3 Å². The molecule has 0 aliphatic rings. The lowest BCUT2D eigenvalue weighted by molar-refractivity contribution is -0.0756. The second-order valence-corrected chi connectivity index (χ2v) is 7.15. The van der Waals surface area contributed by atoms with Crippen molar-refractivity contribution in [2.45, 2.75) is 13.5 Å². The van der Waals surface area contributed by atoms with Gasteiger partial charge in [-0.1, -0.05) is 6.07 Å². The number of pyridine rings is 1. The van der Waals surface area contributed by atoms with E-state index in [0.717, 1.165) is 33.6 Å². The van der Waals surface area contributed by atoms with Crippen molar-refractivity contribution in [3.8, 4) is 5.75 Å². The number of anilines is 2. The van der Waals surface area contributed by atoms with Gasteiger partial charge in [0.2, 0.25) is 0 Å². The minimum Gasteiger partial charge on any atom is -0.487 e. The first kappa shape index (κ1) is 21.2. The Morgan fingerprint density at radius 3 is 2.69 bits per heavy atom. The quantitative estimate of drug-likeness (QED) is 0.438. The molecule has 0 saturated carbocycles. The number of rotatable bonds is 7. The van der Waals surface area contributed by atoms with Gasteiger partial charge in [0.1, 0.15) is 24.5 Å². The van der Waals surface area contributed by atoms with E-state index in [1.54, 1.807) is 31.4 Å². The molecular weight excluding hydrogens is 406 g/mol. The second kappa shape index (κ2) is 9.40. The van der Waals surface area contributed by atoms with Crippen LogP contribution in [0.1, 0.15) is 21.6 Å². The van der Waals surface area contributed by atoms with Crippen molar-refractivity contribution in [1.29, 1.82) is 0 Å². The predicted octanol–water partition coefficient (Wildman–Crippen LogP) is 4.29. The van der Waals surface area contributed by atoms with E-state index in [1.165, 1.54) is 18.5 Å². The van der Waals surface area contributed by atoms with Crippen molar-refractivity contribution in [1.82, 2.24) is 20.0 Å². The molecule has 0 fully saturated rings. The van der Waals surface area contributed by atoms with Crippen LogP contribution >= 0.6 is 0 Å². The molecular formula is C24H23N5O3. The summed E-state index contributed by atoms with van der Waals surface area (Å²) in [4.78, 5) is 30.4. The SMILES string of the molecule is CON(C)C(=O)c1ccc2ncnc(Nc3ccc(OCc4ccccn4)c(C)c3)c2c1. The zero-order chi connectivity index (χ0) is 22.5. The van der Waals surface area contributed by atoms with Crippen LogP contribution in [0.4, 0.5) is 11.5 Å². The number of benzene rings is 2. The standard InChI is InChI=1S/C24H23N5O3/c1-16-12-18(8-10-22(16)32-14-19-6-4-5-11-25-19)28-23-20-13-17(24(30)29(2)31-3)7-9-21(20)26-15-27-23/h4-13,15H,14H2,1-3H3,(H,26,27,28). The van der Waals surface area contributed by atoms with Crippen LogP contribution in [0.25, 0.3) is 10.9 Å². The highest BCUT2D eigenvalue weighted by Gasteiger charge is 2.14. The van der Waals surface area contributed by atoms with Gasteiger partial charge in [-0.3, -0.25) is 14.6 Å². The molecule has 0 aliphatic carbocycles. The van der Waals surface area contributed by atoms with Gasteiger partial charge in [-0.05, 0) is 61.0 Å². The maximum Gasteiger partial charge on any atom is 0.277 e. The van der Waals surface area contributed by atoms with Crippen molar-refractivity contribution in [3.05, 3.63) is 83.9 Å². The molecule has 32 heavy (non-hydrogen) atoms. The lowest BCUT2D eigenvalue weighted by atomic mass is 10.1. The van der Waals surface area contributed by atoms with Crippen LogP contribution in [-0.2, 0) is 11.4 Å². The van der Waals surface area contributed by atoms with Crippen LogP contribution in [0.5, 0.6) is 5.75 Å². The van der Waals surface area contributed by atoms with Crippen molar-refractivity contribution in [3.63, 3.8) is 0 Å². The molecule has 8 nitrogen and oxygen atoms in total. The maximum absolute atomic E-state index is 12.5. The Morgan fingerprint density at radius 2 is 1.94 bits per heavy atom. The van der Waals surface area contributed by atoms with Crippen LogP contribution < -0.4 is 10.1 Å². The smallest absolute Gasteiger partial charge is 0.277 e. The highest BCUT2D eigenvalue weighted by molar-refractivity contribution is 6.00.